The van der Waals surface area contributed by atoms with Crippen LogP contribution in [0.15, 0.2) is 35.4 Å². The van der Waals surface area contributed by atoms with Gasteiger partial charge < -0.3 is 10.3 Å². The predicted molar refractivity (Wildman–Crippen MR) is 98.2 cm³/mol. The van der Waals surface area contributed by atoms with E-state index in [0.29, 0.717) is 29.5 Å². The van der Waals surface area contributed by atoms with E-state index in [1.165, 1.54) is 28.6 Å². The Labute approximate surface area is 157 Å². The number of carbonyl (C=O) groups is 1. The summed E-state index contributed by atoms with van der Waals surface area (Å²) in [6, 6.07) is 5.21. The second-order valence-corrected chi connectivity index (χ2v) is 8.63. The summed E-state index contributed by atoms with van der Waals surface area (Å²) < 4.78 is 27.8. The van der Waals surface area contributed by atoms with Gasteiger partial charge in [0.1, 0.15) is 11.9 Å². The number of hydrogen-bond donors (Lipinski definition) is 2. The van der Waals surface area contributed by atoms with Crippen molar-refractivity contribution >= 4 is 27.5 Å². The number of nitrogens with zero attached hydrogens (tertiary/aromatic N) is 2. The average molecular weight is 397 g/mol. The van der Waals surface area contributed by atoms with E-state index in [-0.39, 0.29) is 17.3 Å². The van der Waals surface area contributed by atoms with Gasteiger partial charge in [0.05, 0.1) is 17.1 Å². The lowest BCUT2D eigenvalue weighted by Gasteiger charge is -2.28. The zero-order valence-corrected chi connectivity index (χ0v) is 16.0. The molecule has 140 valence electrons. The summed E-state index contributed by atoms with van der Waals surface area (Å²) in [6.07, 6.45) is 3.68. The van der Waals surface area contributed by atoms with Crippen LogP contribution in [-0.4, -0.2) is 41.2 Å². The van der Waals surface area contributed by atoms with Gasteiger partial charge in [-0.1, -0.05) is 11.6 Å². The summed E-state index contributed by atoms with van der Waals surface area (Å²) in [5.74, 6) is 0.422. The number of nitrogens with one attached hydrogen (secondary N) is 2. The maximum atomic E-state index is 13.3. The number of imidazole rings is 1. The Bertz CT molecular complexity index is 880. The smallest absolute Gasteiger partial charge is 0.244 e. The number of carbonyl (C=O) groups excluding carboxylic acids is 1. The van der Waals surface area contributed by atoms with Gasteiger partial charge in [-0.3, -0.25) is 4.79 Å². The molecule has 2 N–H and O–H groups in total. The highest BCUT2D eigenvalue weighted by Gasteiger charge is 2.36. The van der Waals surface area contributed by atoms with Crippen LogP contribution in [-0.2, 0) is 21.4 Å². The molecule has 1 aliphatic rings. The van der Waals surface area contributed by atoms with Crippen molar-refractivity contribution in [3.63, 3.8) is 0 Å². The van der Waals surface area contributed by atoms with E-state index in [9.17, 15) is 13.2 Å². The number of H-pyrrole nitrogens is 1. The van der Waals surface area contributed by atoms with Crippen molar-refractivity contribution in [3.05, 3.63) is 47.0 Å². The van der Waals surface area contributed by atoms with E-state index >= 15 is 0 Å². The second-order valence-electron chi connectivity index (χ2n) is 6.30. The fraction of sp³-hybridized carbons (Fsp3) is 0.412. The van der Waals surface area contributed by atoms with Crippen molar-refractivity contribution in [2.45, 2.75) is 43.7 Å². The molecule has 1 saturated heterocycles. The molecule has 0 spiro atoms. The molecule has 0 aliphatic carbocycles. The number of amides is 1. The highest BCUT2D eigenvalue weighted by atomic mass is 35.5. The molecule has 1 amide bonds. The standard InChI is InChI=1S/C17H21ClN4O3S/c1-12-20-10-14(21-12)11-22(16-4-2-3-9-19-17(16)23)26(24,25)15-7-5-13(18)6-8-15/h5-8,10,16H,2-4,9,11H2,1H3,(H,19,23)(H,20,21)/t16-/m1/s1. The van der Waals surface area contributed by atoms with E-state index in [4.69, 9.17) is 11.6 Å². The maximum Gasteiger partial charge on any atom is 0.244 e. The van der Waals surface area contributed by atoms with Gasteiger partial charge in [-0.15, -0.1) is 0 Å². The number of hydrogen-bond acceptors (Lipinski definition) is 4. The van der Waals surface area contributed by atoms with Crippen LogP contribution >= 0.6 is 11.6 Å². The molecule has 7 nitrogen and oxygen atoms in total. The fourth-order valence-corrected chi connectivity index (χ4v) is 4.74. The van der Waals surface area contributed by atoms with E-state index < -0.39 is 16.1 Å². The molecule has 2 aromatic rings. The maximum absolute atomic E-state index is 13.3. The van der Waals surface area contributed by atoms with Crippen LogP contribution in [0.2, 0.25) is 5.02 Å². The lowest BCUT2D eigenvalue weighted by molar-refractivity contribution is -0.124. The summed E-state index contributed by atoms with van der Waals surface area (Å²) in [5, 5.41) is 3.26. The third-order valence-electron chi connectivity index (χ3n) is 4.36. The number of aromatic nitrogens is 2. The number of aromatic amines is 1. The second kappa shape index (κ2) is 7.77. The number of sulfonamides is 1. The van der Waals surface area contributed by atoms with Crippen molar-refractivity contribution in [3.8, 4) is 0 Å². The molecule has 1 fully saturated rings. The molecule has 9 heteroatoms. The minimum absolute atomic E-state index is 0.0455. The molecule has 1 aliphatic heterocycles. The van der Waals surface area contributed by atoms with Crippen LogP contribution in [0.25, 0.3) is 0 Å². The minimum Gasteiger partial charge on any atom is -0.355 e. The molecule has 0 unspecified atom stereocenters. The Kier molecular flexibility index (Phi) is 5.64. The van der Waals surface area contributed by atoms with Gasteiger partial charge in [0.2, 0.25) is 15.9 Å². The Morgan fingerprint density at radius 2 is 2.00 bits per heavy atom. The topological polar surface area (TPSA) is 95.2 Å². The van der Waals surface area contributed by atoms with Crippen LogP contribution in [0.4, 0.5) is 0 Å². The Hall–Kier alpha value is -1.90. The van der Waals surface area contributed by atoms with Crippen molar-refractivity contribution < 1.29 is 13.2 Å². The van der Waals surface area contributed by atoms with Crippen LogP contribution in [0.5, 0.6) is 0 Å². The van der Waals surface area contributed by atoms with Crippen LogP contribution < -0.4 is 5.32 Å². The van der Waals surface area contributed by atoms with Crippen molar-refractivity contribution in [2.75, 3.05) is 6.54 Å². The molecule has 3 rings (SSSR count). The SMILES string of the molecule is Cc1ncc(CN([C@@H]2CCCCNC2=O)S(=O)(=O)c2ccc(Cl)cc2)[nH]1. The first-order valence-corrected chi connectivity index (χ1v) is 10.3. The summed E-state index contributed by atoms with van der Waals surface area (Å²) in [5.41, 5.74) is 0.636. The fourth-order valence-electron chi connectivity index (χ4n) is 3.02. The largest absolute Gasteiger partial charge is 0.355 e. The van der Waals surface area contributed by atoms with E-state index in [0.717, 1.165) is 12.8 Å². The first-order chi connectivity index (χ1) is 12.4. The highest BCUT2D eigenvalue weighted by molar-refractivity contribution is 7.89. The molecule has 2 heterocycles. The van der Waals surface area contributed by atoms with E-state index in [2.05, 4.69) is 15.3 Å². The molecule has 26 heavy (non-hydrogen) atoms. The summed E-state index contributed by atoms with van der Waals surface area (Å²) in [7, 11) is -3.89. The molecule has 1 aromatic carbocycles. The average Bonchev–Trinajstić information content (AvgIpc) is 2.89. The van der Waals surface area contributed by atoms with Gasteiger partial charge in [-0.2, -0.15) is 4.31 Å². The van der Waals surface area contributed by atoms with Crippen molar-refractivity contribution in [2.24, 2.45) is 0 Å². The zero-order valence-electron chi connectivity index (χ0n) is 14.4. The van der Waals surface area contributed by atoms with Crippen LogP contribution in [0.1, 0.15) is 30.8 Å². The molecular weight excluding hydrogens is 376 g/mol. The Morgan fingerprint density at radius 1 is 1.27 bits per heavy atom. The molecule has 1 atom stereocenters. The van der Waals surface area contributed by atoms with Crippen molar-refractivity contribution in [1.29, 1.82) is 0 Å². The van der Waals surface area contributed by atoms with Gasteiger partial charge in [0.25, 0.3) is 0 Å². The van der Waals surface area contributed by atoms with Crippen molar-refractivity contribution in [1.82, 2.24) is 19.6 Å². The quantitative estimate of drug-likeness (QED) is 0.810. The molecular formula is C17H21ClN4O3S. The summed E-state index contributed by atoms with van der Waals surface area (Å²) in [4.78, 5) is 19.8. The molecule has 0 bridgehead atoms. The lowest BCUT2D eigenvalue weighted by Crippen LogP contribution is -2.48. The molecule has 1 aromatic heterocycles. The third kappa shape index (κ3) is 4.08. The van der Waals surface area contributed by atoms with Crippen LogP contribution in [0.3, 0.4) is 0 Å². The Morgan fingerprint density at radius 3 is 2.65 bits per heavy atom. The van der Waals surface area contributed by atoms with Gasteiger partial charge in [-0.25, -0.2) is 13.4 Å². The zero-order chi connectivity index (χ0) is 18.7. The first kappa shape index (κ1) is 18.9. The lowest BCUT2D eigenvalue weighted by atomic mass is 10.1. The van der Waals surface area contributed by atoms with E-state index in [1.807, 2.05) is 0 Å². The summed E-state index contributed by atoms with van der Waals surface area (Å²) >= 11 is 5.88. The van der Waals surface area contributed by atoms with Gasteiger partial charge >= 0.3 is 0 Å². The monoisotopic (exact) mass is 396 g/mol. The van der Waals surface area contributed by atoms with Crippen LogP contribution in [0, 0.1) is 6.92 Å². The predicted octanol–water partition coefficient (Wildman–Crippen LogP) is 2.23. The highest BCUT2D eigenvalue weighted by Crippen LogP contribution is 2.25. The minimum atomic E-state index is -3.89. The number of rotatable bonds is 5. The van der Waals surface area contributed by atoms with Gasteiger partial charge in [0, 0.05) is 17.8 Å². The third-order valence-corrected chi connectivity index (χ3v) is 6.48. The van der Waals surface area contributed by atoms with Gasteiger partial charge in [0.15, 0.2) is 0 Å². The first-order valence-electron chi connectivity index (χ1n) is 8.43. The molecule has 0 saturated carbocycles. The number of benzene rings is 1. The number of halogens is 1. The normalized spacial score (nSPS) is 18.6. The van der Waals surface area contributed by atoms with Gasteiger partial charge in [-0.05, 0) is 50.5 Å². The number of aryl methyl sites for hydroxylation is 1. The van der Waals surface area contributed by atoms with E-state index in [1.54, 1.807) is 13.1 Å². The molecule has 0 radical (unpaired) electrons. The Balaban J connectivity index is 2.00. The summed E-state index contributed by atoms with van der Waals surface area (Å²) in [6.45, 7) is 2.40.